The third kappa shape index (κ3) is 5.64. The van der Waals surface area contributed by atoms with Gasteiger partial charge >= 0.3 is 0 Å². The number of aryl methyl sites for hydroxylation is 1. The summed E-state index contributed by atoms with van der Waals surface area (Å²) in [6, 6.07) is 24.9. The van der Waals surface area contributed by atoms with Crippen molar-refractivity contribution in [1.29, 1.82) is 0 Å². The summed E-state index contributed by atoms with van der Waals surface area (Å²) in [5, 5.41) is 6.69. The molecule has 0 radical (unpaired) electrons. The lowest BCUT2D eigenvalue weighted by molar-refractivity contribution is -0.116. The fraction of sp³-hybridized carbons (Fsp3) is 0.286. The molecule has 2 aromatic carbocycles. The zero-order chi connectivity index (χ0) is 23.2. The Hall–Kier alpha value is -3.64. The van der Waals surface area contributed by atoms with Crippen LogP contribution in [0.25, 0.3) is 5.65 Å². The number of carbonyl (C=O) groups excluding carboxylic acids is 1. The Morgan fingerprint density at radius 2 is 1.71 bits per heavy atom. The van der Waals surface area contributed by atoms with Gasteiger partial charge in [0.05, 0.1) is 5.69 Å². The number of aromatic nitrogens is 2. The molecule has 3 heterocycles. The monoisotopic (exact) mass is 453 g/mol. The molecule has 0 aliphatic carbocycles. The van der Waals surface area contributed by atoms with Gasteiger partial charge in [-0.1, -0.05) is 36.4 Å². The van der Waals surface area contributed by atoms with E-state index in [4.69, 9.17) is 0 Å². The SMILES string of the molecule is O=C(CCc1ccccc1)Nc1ccc(N2CCC(NCc3cn4ccccc4n3)CC2)cc1. The summed E-state index contributed by atoms with van der Waals surface area (Å²) in [5.74, 6) is 0.0501. The number of anilines is 2. The summed E-state index contributed by atoms with van der Waals surface area (Å²) >= 11 is 0. The number of rotatable bonds is 8. The molecule has 4 aromatic rings. The number of nitrogens with zero attached hydrogens (tertiary/aromatic N) is 3. The average Bonchev–Trinajstić information content (AvgIpc) is 3.31. The smallest absolute Gasteiger partial charge is 0.224 e. The Kier molecular flexibility index (Phi) is 6.86. The van der Waals surface area contributed by atoms with Gasteiger partial charge in [-0.15, -0.1) is 0 Å². The maximum absolute atomic E-state index is 12.3. The normalized spacial score (nSPS) is 14.4. The van der Waals surface area contributed by atoms with Crippen LogP contribution in [0.1, 0.15) is 30.5 Å². The molecule has 1 saturated heterocycles. The van der Waals surface area contributed by atoms with E-state index in [0.717, 1.165) is 55.9 Å². The summed E-state index contributed by atoms with van der Waals surface area (Å²) in [6.07, 6.45) is 7.58. The second-order valence-electron chi connectivity index (χ2n) is 8.92. The largest absolute Gasteiger partial charge is 0.371 e. The van der Waals surface area contributed by atoms with Crippen molar-refractivity contribution in [3.8, 4) is 0 Å². The zero-order valence-electron chi connectivity index (χ0n) is 19.4. The molecule has 174 valence electrons. The van der Waals surface area contributed by atoms with Gasteiger partial charge in [0.1, 0.15) is 5.65 Å². The second-order valence-corrected chi connectivity index (χ2v) is 8.92. The minimum atomic E-state index is 0.0501. The van der Waals surface area contributed by atoms with Gasteiger partial charge in [0, 0.05) is 55.9 Å². The number of nitrogens with one attached hydrogen (secondary N) is 2. The number of fused-ring (bicyclic) bond motifs is 1. The highest BCUT2D eigenvalue weighted by Gasteiger charge is 2.19. The van der Waals surface area contributed by atoms with Crippen LogP contribution in [0.2, 0.25) is 0 Å². The highest BCUT2D eigenvalue weighted by Crippen LogP contribution is 2.22. The van der Waals surface area contributed by atoms with Crippen LogP contribution in [0.3, 0.4) is 0 Å². The van der Waals surface area contributed by atoms with Crippen molar-refractivity contribution in [2.75, 3.05) is 23.3 Å². The van der Waals surface area contributed by atoms with E-state index in [1.54, 1.807) is 0 Å². The van der Waals surface area contributed by atoms with Crippen LogP contribution in [0.4, 0.5) is 11.4 Å². The fourth-order valence-electron chi connectivity index (χ4n) is 4.54. The van der Waals surface area contributed by atoms with Gasteiger partial charge in [-0.3, -0.25) is 4.79 Å². The molecule has 2 N–H and O–H groups in total. The number of amides is 1. The first-order chi connectivity index (χ1) is 16.7. The summed E-state index contributed by atoms with van der Waals surface area (Å²) in [5.41, 5.74) is 5.32. The number of piperidine rings is 1. The number of hydrogen-bond acceptors (Lipinski definition) is 4. The number of benzene rings is 2. The third-order valence-electron chi connectivity index (χ3n) is 6.48. The maximum Gasteiger partial charge on any atom is 0.224 e. The molecule has 2 aromatic heterocycles. The molecular formula is C28H31N5O. The molecule has 6 nitrogen and oxygen atoms in total. The van der Waals surface area contributed by atoms with E-state index in [1.807, 2.05) is 54.7 Å². The van der Waals surface area contributed by atoms with Crippen molar-refractivity contribution < 1.29 is 4.79 Å². The van der Waals surface area contributed by atoms with Crippen molar-refractivity contribution >= 4 is 22.9 Å². The first kappa shape index (κ1) is 22.2. The van der Waals surface area contributed by atoms with Gasteiger partial charge in [0.25, 0.3) is 0 Å². The number of imidazole rings is 1. The van der Waals surface area contributed by atoms with Crippen LogP contribution in [-0.4, -0.2) is 34.4 Å². The van der Waals surface area contributed by atoms with E-state index in [-0.39, 0.29) is 5.91 Å². The Labute approximate surface area is 200 Å². The van der Waals surface area contributed by atoms with E-state index in [9.17, 15) is 4.79 Å². The van der Waals surface area contributed by atoms with Gasteiger partial charge in [0.2, 0.25) is 5.91 Å². The molecule has 1 aliphatic heterocycles. The first-order valence-corrected chi connectivity index (χ1v) is 12.1. The number of hydrogen-bond donors (Lipinski definition) is 2. The minimum Gasteiger partial charge on any atom is -0.371 e. The molecule has 6 heteroatoms. The molecule has 1 fully saturated rings. The molecule has 34 heavy (non-hydrogen) atoms. The molecule has 0 unspecified atom stereocenters. The van der Waals surface area contributed by atoms with Gasteiger partial charge in [0.15, 0.2) is 0 Å². The second kappa shape index (κ2) is 10.5. The molecule has 5 rings (SSSR count). The van der Waals surface area contributed by atoms with Gasteiger partial charge in [-0.05, 0) is 61.2 Å². The van der Waals surface area contributed by atoms with Crippen LogP contribution >= 0.6 is 0 Å². The van der Waals surface area contributed by atoms with Gasteiger partial charge in [-0.25, -0.2) is 4.98 Å². The van der Waals surface area contributed by atoms with E-state index in [1.165, 1.54) is 11.3 Å². The quantitative estimate of drug-likeness (QED) is 0.407. The van der Waals surface area contributed by atoms with E-state index in [0.29, 0.717) is 12.5 Å². The number of pyridine rings is 1. The van der Waals surface area contributed by atoms with Crippen LogP contribution in [-0.2, 0) is 17.8 Å². The lowest BCUT2D eigenvalue weighted by atomic mass is 10.0. The van der Waals surface area contributed by atoms with Crippen LogP contribution in [0.5, 0.6) is 0 Å². The van der Waals surface area contributed by atoms with Crippen LogP contribution < -0.4 is 15.5 Å². The maximum atomic E-state index is 12.3. The molecule has 1 aliphatic rings. The molecule has 0 spiro atoms. The molecular weight excluding hydrogens is 422 g/mol. The van der Waals surface area contributed by atoms with Crippen LogP contribution in [0.15, 0.2) is 85.2 Å². The first-order valence-electron chi connectivity index (χ1n) is 12.1. The zero-order valence-corrected chi connectivity index (χ0v) is 19.4. The molecule has 0 atom stereocenters. The predicted molar refractivity (Wildman–Crippen MR) is 137 cm³/mol. The lowest BCUT2D eigenvalue weighted by Crippen LogP contribution is -2.42. The predicted octanol–water partition coefficient (Wildman–Crippen LogP) is 4.66. The number of carbonyl (C=O) groups is 1. The van der Waals surface area contributed by atoms with Gasteiger partial charge < -0.3 is 19.9 Å². The Morgan fingerprint density at radius 1 is 0.941 bits per heavy atom. The van der Waals surface area contributed by atoms with Crippen LogP contribution in [0, 0.1) is 0 Å². The van der Waals surface area contributed by atoms with Crippen molar-refractivity contribution in [3.05, 3.63) is 96.4 Å². The van der Waals surface area contributed by atoms with Crippen molar-refractivity contribution in [1.82, 2.24) is 14.7 Å². The average molecular weight is 454 g/mol. The highest BCUT2D eigenvalue weighted by molar-refractivity contribution is 5.91. The molecule has 0 bridgehead atoms. The summed E-state index contributed by atoms with van der Waals surface area (Å²) in [6.45, 7) is 2.84. The topological polar surface area (TPSA) is 61.7 Å². The minimum absolute atomic E-state index is 0.0501. The van der Waals surface area contributed by atoms with Crippen molar-refractivity contribution in [3.63, 3.8) is 0 Å². The Bertz CT molecular complexity index is 1180. The third-order valence-corrected chi connectivity index (χ3v) is 6.48. The summed E-state index contributed by atoms with van der Waals surface area (Å²) in [4.78, 5) is 19.4. The van der Waals surface area contributed by atoms with Crippen molar-refractivity contribution in [2.24, 2.45) is 0 Å². The van der Waals surface area contributed by atoms with E-state index < -0.39 is 0 Å². The molecule has 0 saturated carbocycles. The lowest BCUT2D eigenvalue weighted by Gasteiger charge is -2.34. The van der Waals surface area contributed by atoms with E-state index in [2.05, 4.69) is 55.4 Å². The fourth-order valence-corrected chi connectivity index (χ4v) is 4.54. The Balaban J connectivity index is 1.06. The Morgan fingerprint density at radius 3 is 2.47 bits per heavy atom. The highest BCUT2D eigenvalue weighted by atomic mass is 16.1. The summed E-state index contributed by atoms with van der Waals surface area (Å²) < 4.78 is 2.06. The standard InChI is InChI=1S/C28H31N5O/c34-28(14-9-22-6-2-1-3-7-22)31-24-10-12-26(13-11-24)32-18-15-23(16-19-32)29-20-25-21-33-17-5-4-8-27(33)30-25/h1-8,10-13,17,21,23,29H,9,14-16,18-20H2,(H,31,34). The van der Waals surface area contributed by atoms with E-state index >= 15 is 0 Å². The van der Waals surface area contributed by atoms with Crippen molar-refractivity contribution in [2.45, 2.75) is 38.3 Å². The molecule has 1 amide bonds. The van der Waals surface area contributed by atoms with Gasteiger partial charge in [-0.2, -0.15) is 0 Å². The summed E-state index contributed by atoms with van der Waals surface area (Å²) in [7, 11) is 0.